The summed E-state index contributed by atoms with van der Waals surface area (Å²) in [5.41, 5.74) is 0. The molecule has 0 unspecified atom stereocenters. The second kappa shape index (κ2) is 8.07. The van der Waals surface area contributed by atoms with Gasteiger partial charge in [-0.2, -0.15) is 4.98 Å². The quantitative estimate of drug-likeness (QED) is 0.826. The van der Waals surface area contributed by atoms with E-state index in [1.807, 2.05) is 6.92 Å². The van der Waals surface area contributed by atoms with Crippen LogP contribution in [0, 0.1) is 18.8 Å². The lowest BCUT2D eigenvalue weighted by Gasteiger charge is -2.39. The van der Waals surface area contributed by atoms with Crippen LogP contribution in [0.5, 0.6) is 0 Å². The van der Waals surface area contributed by atoms with E-state index in [0.29, 0.717) is 17.7 Å². The Morgan fingerprint density at radius 3 is 2.54 bits per heavy atom. The van der Waals surface area contributed by atoms with Crippen molar-refractivity contribution in [2.75, 3.05) is 26.2 Å². The topological polar surface area (TPSA) is 62.5 Å². The number of hydrogen-bond acceptors (Lipinski definition) is 5. The summed E-state index contributed by atoms with van der Waals surface area (Å²) in [5, 5.41) is 4.01. The zero-order valence-electron chi connectivity index (χ0n) is 16.0. The van der Waals surface area contributed by atoms with E-state index in [0.717, 1.165) is 57.2 Å². The summed E-state index contributed by atoms with van der Waals surface area (Å²) in [5.74, 6) is 2.64. The smallest absolute Gasteiger partial charge is 0.226 e. The van der Waals surface area contributed by atoms with Crippen molar-refractivity contribution in [3.05, 3.63) is 11.7 Å². The molecule has 0 aromatic carbocycles. The summed E-state index contributed by atoms with van der Waals surface area (Å²) in [6, 6.07) is 0.745. The third kappa shape index (κ3) is 4.11. The van der Waals surface area contributed by atoms with Crippen LogP contribution in [0.2, 0.25) is 0 Å². The predicted octanol–water partition coefficient (Wildman–Crippen LogP) is 2.81. The molecule has 2 saturated heterocycles. The fourth-order valence-electron chi connectivity index (χ4n) is 5.11. The van der Waals surface area contributed by atoms with E-state index in [4.69, 9.17) is 4.52 Å². The predicted molar refractivity (Wildman–Crippen MR) is 98.6 cm³/mol. The molecule has 1 aromatic heterocycles. The summed E-state index contributed by atoms with van der Waals surface area (Å²) in [6.45, 7) is 5.80. The van der Waals surface area contributed by atoms with Crippen molar-refractivity contribution in [2.45, 2.75) is 70.8 Å². The molecule has 1 amide bonds. The molecule has 2 aliphatic heterocycles. The van der Waals surface area contributed by atoms with Crippen LogP contribution in [0.3, 0.4) is 0 Å². The van der Waals surface area contributed by atoms with Crippen LogP contribution in [-0.2, 0) is 11.2 Å². The number of carbonyl (C=O) groups is 1. The summed E-state index contributed by atoms with van der Waals surface area (Å²) < 4.78 is 5.07. The lowest BCUT2D eigenvalue weighted by molar-refractivity contribution is -0.139. The van der Waals surface area contributed by atoms with Gasteiger partial charge < -0.3 is 9.42 Å². The Kier molecular flexibility index (Phi) is 5.57. The molecule has 4 rings (SSSR count). The van der Waals surface area contributed by atoms with E-state index in [1.54, 1.807) is 0 Å². The number of nitrogens with zero attached hydrogens (tertiary/aromatic N) is 4. The van der Waals surface area contributed by atoms with E-state index in [2.05, 4.69) is 19.9 Å². The zero-order chi connectivity index (χ0) is 17.9. The van der Waals surface area contributed by atoms with Crippen molar-refractivity contribution in [3.8, 4) is 0 Å². The number of piperidine rings is 2. The molecule has 26 heavy (non-hydrogen) atoms. The van der Waals surface area contributed by atoms with Gasteiger partial charge >= 0.3 is 0 Å². The van der Waals surface area contributed by atoms with Crippen molar-refractivity contribution >= 4 is 5.91 Å². The summed E-state index contributed by atoms with van der Waals surface area (Å²) in [7, 11) is 0. The van der Waals surface area contributed by atoms with E-state index < -0.39 is 0 Å². The molecule has 0 N–H and O–H groups in total. The number of hydrogen-bond donors (Lipinski definition) is 0. The van der Waals surface area contributed by atoms with Gasteiger partial charge in [0.25, 0.3) is 0 Å². The number of rotatable bonds is 4. The van der Waals surface area contributed by atoms with E-state index in [9.17, 15) is 4.79 Å². The molecule has 0 bridgehead atoms. The van der Waals surface area contributed by atoms with Crippen molar-refractivity contribution < 1.29 is 9.32 Å². The summed E-state index contributed by atoms with van der Waals surface area (Å²) >= 11 is 0. The lowest BCUT2D eigenvalue weighted by atomic mass is 9.90. The molecule has 3 fully saturated rings. The van der Waals surface area contributed by atoms with Crippen molar-refractivity contribution in [1.29, 1.82) is 0 Å². The second-order valence-electron chi connectivity index (χ2n) is 8.47. The van der Waals surface area contributed by atoms with Crippen molar-refractivity contribution in [3.63, 3.8) is 0 Å². The van der Waals surface area contributed by atoms with Gasteiger partial charge in [0.2, 0.25) is 11.8 Å². The molecule has 0 radical (unpaired) electrons. The van der Waals surface area contributed by atoms with Crippen molar-refractivity contribution in [1.82, 2.24) is 19.9 Å². The standard InChI is InChI=1S/C20H32N4O2/c1-15-21-19(22-26-15)13-16-8-11-23(12-9-16)20(25)17-5-4-10-24(14-17)18-6-2-3-7-18/h16-18H,2-14H2,1H3/t17-/m1/s1. The molecule has 1 aliphatic carbocycles. The monoisotopic (exact) mass is 360 g/mol. The molecular formula is C20H32N4O2. The lowest BCUT2D eigenvalue weighted by Crippen LogP contribution is -2.49. The van der Waals surface area contributed by atoms with Crippen LogP contribution in [0.15, 0.2) is 4.52 Å². The first-order valence-corrected chi connectivity index (χ1v) is 10.5. The molecule has 144 valence electrons. The molecule has 1 atom stereocenters. The van der Waals surface area contributed by atoms with Gasteiger partial charge in [0, 0.05) is 39.0 Å². The van der Waals surface area contributed by atoms with Gasteiger partial charge in [-0.15, -0.1) is 0 Å². The van der Waals surface area contributed by atoms with Gasteiger partial charge in [0.1, 0.15) is 0 Å². The van der Waals surface area contributed by atoms with Crippen molar-refractivity contribution in [2.24, 2.45) is 11.8 Å². The fraction of sp³-hybridized carbons (Fsp3) is 0.850. The Morgan fingerprint density at radius 2 is 1.85 bits per heavy atom. The van der Waals surface area contributed by atoms with Crippen LogP contribution in [0.25, 0.3) is 0 Å². The van der Waals surface area contributed by atoms with Crippen LogP contribution in [-0.4, -0.2) is 58.1 Å². The number of likely N-dealkylation sites (tertiary alicyclic amines) is 2. The van der Waals surface area contributed by atoms with Crippen LogP contribution >= 0.6 is 0 Å². The van der Waals surface area contributed by atoms with Gasteiger partial charge in [0.05, 0.1) is 5.92 Å². The maximum Gasteiger partial charge on any atom is 0.226 e. The average molecular weight is 361 g/mol. The SMILES string of the molecule is Cc1nc(CC2CCN(C(=O)[C@@H]3CCCN(C4CCCC4)C3)CC2)no1. The molecule has 1 aromatic rings. The Labute approximate surface area is 156 Å². The summed E-state index contributed by atoms with van der Waals surface area (Å²) in [6.07, 6.45) is 10.6. The molecule has 3 heterocycles. The van der Waals surface area contributed by atoms with E-state index in [-0.39, 0.29) is 5.92 Å². The maximum absolute atomic E-state index is 13.0. The molecule has 1 saturated carbocycles. The Hall–Kier alpha value is -1.43. The van der Waals surface area contributed by atoms with Gasteiger partial charge in [0.15, 0.2) is 5.82 Å². The number of carbonyl (C=O) groups excluding carboxylic acids is 1. The highest BCUT2D eigenvalue weighted by Crippen LogP contribution is 2.29. The molecule has 0 spiro atoms. The van der Waals surface area contributed by atoms with Gasteiger partial charge in [-0.05, 0) is 51.0 Å². The third-order valence-electron chi connectivity index (χ3n) is 6.61. The zero-order valence-corrected chi connectivity index (χ0v) is 16.0. The fourth-order valence-corrected chi connectivity index (χ4v) is 5.11. The van der Waals surface area contributed by atoms with Crippen LogP contribution in [0.4, 0.5) is 0 Å². The Bertz CT molecular complexity index is 603. The van der Waals surface area contributed by atoms with Crippen LogP contribution in [0.1, 0.15) is 63.1 Å². The first-order valence-electron chi connectivity index (χ1n) is 10.5. The summed E-state index contributed by atoms with van der Waals surface area (Å²) in [4.78, 5) is 22.1. The van der Waals surface area contributed by atoms with Gasteiger partial charge in [-0.25, -0.2) is 0 Å². The minimum Gasteiger partial charge on any atom is -0.342 e. The third-order valence-corrected chi connectivity index (χ3v) is 6.61. The molecule has 6 heteroatoms. The second-order valence-corrected chi connectivity index (χ2v) is 8.47. The number of aryl methyl sites for hydroxylation is 1. The van der Waals surface area contributed by atoms with Crippen LogP contribution < -0.4 is 0 Å². The normalized spacial score (nSPS) is 26.5. The number of amides is 1. The van der Waals surface area contributed by atoms with Gasteiger partial charge in [-0.3, -0.25) is 9.69 Å². The number of aromatic nitrogens is 2. The molecule has 6 nitrogen and oxygen atoms in total. The minimum absolute atomic E-state index is 0.223. The highest BCUT2D eigenvalue weighted by atomic mass is 16.5. The molecular weight excluding hydrogens is 328 g/mol. The Balaban J connectivity index is 1.26. The minimum atomic E-state index is 0.223. The largest absolute Gasteiger partial charge is 0.342 e. The van der Waals surface area contributed by atoms with Gasteiger partial charge in [-0.1, -0.05) is 18.0 Å². The highest BCUT2D eigenvalue weighted by molar-refractivity contribution is 5.79. The Morgan fingerprint density at radius 1 is 1.08 bits per heavy atom. The highest BCUT2D eigenvalue weighted by Gasteiger charge is 2.34. The maximum atomic E-state index is 13.0. The first kappa shape index (κ1) is 18.0. The average Bonchev–Trinajstić information content (AvgIpc) is 3.34. The molecule has 3 aliphatic rings. The first-order chi connectivity index (χ1) is 12.7. The van der Waals surface area contributed by atoms with E-state index >= 15 is 0 Å². The van der Waals surface area contributed by atoms with E-state index in [1.165, 1.54) is 38.6 Å².